The Morgan fingerprint density at radius 1 is 0.938 bits per heavy atom. The van der Waals surface area contributed by atoms with Crippen LogP contribution in [0, 0.1) is 5.82 Å². The zero-order valence-electron chi connectivity index (χ0n) is 8.13. The molecule has 0 spiro atoms. The van der Waals surface area contributed by atoms with Crippen LogP contribution < -0.4 is 0 Å². The van der Waals surface area contributed by atoms with E-state index in [2.05, 4.69) is 0 Å². The maximum Gasteiger partial charge on any atom is 0.194 e. The monoisotopic (exact) mass is 232 g/mol. The lowest BCUT2D eigenvalue weighted by atomic mass is 10.1. The van der Waals surface area contributed by atoms with Crippen LogP contribution in [0.2, 0.25) is 5.02 Å². The number of rotatable bonds is 0. The zero-order valence-corrected chi connectivity index (χ0v) is 8.88. The first kappa shape index (κ1) is 9.55. The molecule has 0 N–H and O–H groups in total. The molecule has 0 radical (unpaired) electrons. The van der Waals surface area contributed by atoms with Crippen molar-refractivity contribution in [3.63, 3.8) is 0 Å². The minimum Gasteiger partial charge on any atom is -0.289 e. The molecule has 0 fully saturated rings. The van der Waals surface area contributed by atoms with Gasteiger partial charge in [-0.15, -0.1) is 0 Å². The van der Waals surface area contributed by atoms with E-state index in [1.165, 1.54) is 12.1 Å². The SMILES string of the molecule is O=C1c2cccc(F)c2-c2c(Cl)cccc21. The van der Waals surface area contributed by atoms with Crippen molar-refractivity contribution in [1.82, 2.24) is 0 Å². The lowest BCUT2D eigenvalue weighted by Gasteiger charge is -2.02. The van der Waals surface area contributed by atoms with Gasteiger partial charge in [0.1, 0.15) is 5.82 Å². The minimum atomic E-state index is -0.405. The van der Waals surface area contributed by atoms with Gasteiger partial charge in [0.05, 0.1) is 0 Å². The van der Waals surface area contributed by atoms with E-state index in [9.17, 15) is 9.18 Å². The molecular weight excluding hydrogens is 227 g/mol. The van der Waals surface area contributed by atoms with Gasteiger partial charge in [-0.2, -0.15) is 0 Å². The molecule has 1 aliphatic rings. The number of benzene rings is 2. The third-order valence-electron chi connectivity index (χ3n) is 2.77. The number of fused-ring (bicyclic) bond motifs is 3. The fraction of sp³-hybridized carbons (Fsp3) is 0. The number of carbonyl (C=O) groups excluding carboxylic acids is 1. The summed E-state index contributed by atoms with van der Waals surface area (Å²) in [4.78, 5) is 12.0. The van der Waals surface area contributed by atoms with Gasteiger partial charge in [0, 0.05) is 27.3 Å². The van der Waals surface area contributed by atoms with Crippen molar-refractivity contribution in [2.45, 2.75) is 0 Å². The lowest BCUT2D eigenvalue weighted by molar-refractivity contribution is 0.104. The first-order valence-electron chi connectivity index (χ1n) is 4.82. The second-order valence-corrected chi connectivity index (χ2v) is 4.06. The van der Waals surface area contributed by atoms with Crippen molar-refractivity contribution in [2.75, 3.05) is 0 Å². The molecule has 2 aromatic rings. The van der Waals surface area contributed by atoms with Crippen molar-refractivity contribution < 1.29 is 9.18 Å². The van der Waals surface area contributed by atoms with E-state index in [-0.39, 0.29) is 5.78 Å². The summed E-state index contributed by atoms with van der Waals surface area (Å²) in [5.74, 6) is -0.565. The molecule has 3 rings (SSSR count). The fourth-order valence-electron chi connectivity index (χ4n) is 2.08. The fourth-order valence-corrected chi connectivity index (χ4v) is 2.35. The second-order valence-electron chi connectivity index (χ2n) is 3.65. The highest BCUT2D eigenvalue weighted by atomic mass is 35.5. The van der Waals surface area contributed by atoms with Gasteiger partial charge in [0.25, 0.3) is 0 Å². The van der Waals surface area contributed by atoms with Crippen molar-refractivity contribution in [2.24, 2.45) is 0 Å². The Hall–Kier alpha value is -1.67. The first-order valence-corrected chi connectivity index (χ1v) is 5.20. The summed E-state index contributed by atoms with van der Waals surface area (Å²) in [6.45, 7) is 0. The molecule has 0 saturated carbocycles. The normalized spacial score (nSPS) is 12.5. The largest absolute Gasteiger partial charge is 0.289 e. The molecule has 0 atom stereocenters. The molecular formula is C13H6ClFO. The van der Waals surface area contributed by atoms with Crippen LogP contribution in [0.1, 0.15) is 15.9 Å². The third-order valence-corrected chi connectivity index (χ3v) is 3.08. The van der Waals surface area contributed by atoms with Crippen molar-refractivity contribution in [3.05, 3.63) is 58.4 Å². The summed E-state index contributed by atoms with van der Waals surface area (Å²) in [5, 5.41) is 0.412. The van der Waals surface area contributed by atoms with E-state index in [0.717, 1.165) is 0 Å². The van der Waals surface area contributed by atoms with Gasteiger partial charge in [-0.1, -0.05) is 35.9 Å². The average Bonchev–Trinajstić information content (AvgIpc) is 2.56. The smallest absolute Gasteiger partial charge is 0.194 e. The number of ketones is 1. The predicted molar refractivity (Wildman–Crippen MR) is 60.3 cm³/mol. The average molecular weight is 233 g/mol. The van der Waals surface area contributed by atoms with Crippen LogP contribution in [0.25, 0.3) is 11.1 Å². The molecule has 0 heterocycles. The molecule has 2 aromatic carbocycles. The molecule has 1 nitrogen and oxygen atoms in total. The second kappa shape index (κ2) is 3.16. The van der Waals surface area contributed by atoms with Gasteiger partial charge in [0.15, 0.2) is 5.78 Å². The molecule has 16 heavy (non-hydrogen) atoms. The van der Waals surface area contributed by atoms with Crippen LogP contribution in [-0.4, -0.2) is 5.78 Å². The summed E-state index contributed by atoms with van der Waals surface area (Å²) >= 11 is 6.02. The van der Waals surface area contributed by atoms with E-state index < -0.39 is 5.82 Å². The summed E-state index contributed by atoms with van der Waals surface area (Å²) < 4.78 is 13.7. The molecule has 3 heteroatoms. The molecule has 0 unspecified atom stereocenters. The Kier molecular flexibility index (Phi) is 1.88. The first-order chi connectivity index (χ1) is 7.70. The topological polar surface area (TPSA) is 17.1 Å². The van der Waals surface area contributed by atoms with Gasteiger partial charge < -0.3 is 0 Å². The molecule has 0 saturated heterocycles. The highest BCUT2D eigenvalue weighted by molar-refractivity contribution is 6.36. The molecule has 0 aromatic heterocycles. The summed E-state index contributed by atoms with van der Waals surface area (Å²) in [5.41, 5.74) is 1.71. The third kappa shape index (κ3) is 1.08. The van der Waals surface area contributed by atoms with Gasteiger partial charge in [0.2, 0.25) is 0 Å². The molecule has 0 bridgehead atoms. The van der Waals surface area contributed by atoms with Crippen LogP contribution in [-0.2, 0) is 0 Å². The van der Waals surface area contributed by atoms with E-state index in [4.69, 9.17) is 11.6 Å². The highest BCUT2D eigenvalue weighted by Crippen LogP contribution is 2.42. The Bertz CT molecular complexity index is 566. The zero-order chi connectivity index (χ0) is 11.3. The highest BCUT2D eigenvalue weighted by Gasteiger charge is 2.30. The van der Waals surface area contributed by atoms with Gasteiger partial charge >= 0.3 is 0 Å². The van der Waals surface area contributed by atoms with Crippen LogP contribution >= 0.6 is 11.6 Å². The van der Waals surface area contributed by atoms with Crippen molar-refractivity contribution >= 4 is 17.4 Å². The Morgan fingerprint density at radius 3 is 2.31 bits per heavy atom. The Balaban J connectivity index is 2.48. The molecule has 0 amide bonds. The molecule has 78 valence electrons. The Morgan fingerprint density at radius 2 is 1.56 bits per heavy atom. The quantitative estimate of drug-likeness (QED) is 0.578. The van der Waals surface area contributed by atoms with Gasteiger partial charge in [-0.25, -0.2) is 4.39 Å². The van der Waals surface area contributed by atoms with Crippen LogP contribution in [0.15, 0.2) is 36.4 Å². The number of hydrogen-bond acceptors (Lipinski definition) is 1. The lowest BCUT2D eigenvalue weighted by Crippen LogP contribution is -1.94. The standard InChI is InChI=1S/C13H6ClFO/c14-9-5-1-3-7-11(9)12-8(13(7)16)4-2-6-10(12)15/h1-6H. The van der Waals surface area contributed by atoms with Gasteiger partial charge in [-0.05, 0) is 12.1 Å². The molecule has 0 aliphatic heterocycles. The summed E-state index contributed by atoms with van der Waals surface area (Å²) in [7, 11) is 0. The van der Waals surface area contributed by atoms with E-state index >= 15 is 0 Å². The van der Waals surface area contributed by atoms with Crippen LogP contribution in [0.3, 0.4) is 0 Å². The maximum absolute atomic E-state index is 13.7. The van der Waals surface area contributed by atoms with Crippen molar-refractivity contribution in [1.29, 1.82) is 0 Å². The minimum absolute atomic E-state index is 0.160. The molecule has 1 aliphatic carbocycles. The van der Waals surface area contributed by atoms with Crippen molar-refractivity contribution in [3.8, 4) is 11.1 Å². The van der Waals surface area contributed by atoms with Crippen LogP contribution in [0.4, 0.5) is 4.39 Å². The number of halogens is 2. The van der Waals surface area contributed by atoms with E-state index in [1.807, 2.05) is 0 Å². The maximum atomic E-state index is 13.7. The van der Waals surface area contributed by atoms with Crippen LogP contribution in [0.5, 0.6) is 0 Å². The Labute approximate surface area is 96.5 Å². The summed E-state index contributed by atoms with van der Waals surface area (Å²) in [6.07, 6.45) is 0. The predicted octanol–water partition coefficient (Wildman–Crippen LogP) is 3.69. The number of carbonyl (C=O) groups is 1. The summed E-state index contributed by atoms with van der Waals surface area (Å²) in [6, 6.07) is 9.52. The van der Waals surface area contributed by atoms with Gasteiger partial charge in [-0.3, -0.25) is 4.79 Å². The number of hydrogen-bond donors (Lipinski definition) is 0. The van der Waals surface area contributed by atoms with E-state index in [1.54, 1.807) is 24.3 Å². The van der Waals surface area contributed by atoms with E-state index in [0.29, 0.717) is 27.3 Å².